The number of carboxylic acid groups (broad SMARTS) is 1. The normalized spacial score (nSPS) is 20.7. The van der Waals surface area contributed by atoms with Gasteiger partial charge in [-0.05, 0) is 55.5 Å². The Hall–Kier alpha value is -4.34. The van der Waals surface area contributed by atoms with Gasteiger partial charge >= 0.3 is 5.97 Å². The molecule has 7 rings (SSSR count). The molecule has 1 saturated heterocycles. The average Bonchev–Trinajstić information content (AvgIpc) is 3.68. The standard InChI is InChI=1S/C28H24F2N6O2/c1-14-4-3-5-19-24(18-7-8-21(29)25-23(18)27(30)34(2)32-25)33-36(26(14)19)16-6-9-22(31-12-16)35-13-15-10-17(35)11-20(15)28(37)38/h3-9,12,15,17,20H,10-11,13H2,1-2H3,(H,37,38)/t15-,17-,20+/m0/s1. The maximum absolute atomic E-state index is 15.1. The number of fused-ring (bicyclic) bond motifs is 4. The second-order valence-electron chi connectivity index (χ2n) is 10.3. The number of aromatic nitrogens is 5. The Morgan fingerprint density at radius 2 is 1.92 bits per heavy atom. The van der Waals surface area contributed by atoms with Crippen LogP contribution in [0.4, 0.5) is 14.6 Å². The predicted molar refractivity (Wildman–Crippen MR) is 138 cm³/mol. The van der Waals surface area contributed by atoms with Crippen LogP contribution in [0.1, 0.15) is 18.4 Å². The molecule has 0 unspecified atom stereocenters. The van der Waals surface area contributed by atoms with Crippen LogP contribution >= 0.6 is 0 Å². The number of carboxylic acids is 1. The maximum Gasteiger partial charge on any atom is 0.306 e. The first-order chi connectivity index (χ1) is 18.3. The Bertz CT molecular complexity index is 1760. The van der Waals surface area contributed by atoms with Crippen LogP contribution in [0.15, 0.2) is 48.7 Å². The largest absolute Gasteiger partial charge is 0.481 e. The molecule has 0 radical (unpaired) electrons. The van der Waals surface area contributed by atoms with E-state index in [1.807, 2.05) is 37.3 Å². The van der Waals surface area contributed by atoms with Crippen LogP contribution < -0.4 is 4.90 Å². The summed E-state index contributed by atoms with van der Waals surface area (Å²) in [4.78, 5) is 18.4. The van der Waals surface area contributed by atoms with E-state index >= 15 is 4.39 Å². The first-order valence-corrected chi connectivity index (χ1v) is 12.6. The number of aryl methyl sites for hydroxylation is 2. The maximum atomic E-state index is 15.1. The molecule has 192 valence electrons. The molecule has 1 N–H and O–H groups in total. The molecule has 2 bridgehead atoms. The molecule has 3 aromatic heterocycles. The molecule has 3 atom stereocenters. The lowest BCUT2D eigenvalue weighted by molar-refractivity contribution is -0.143. The number of nitrogens with zero attached hydrogens (tertiary/aromatic N) is 6. The molecule has 2 fully saturated rings. The minimum Gasteiger partial charge on any atom is -0.481 e. The third-order valence-corrected chi connectivity index (χ3v) is 8.16. The molecule has 0 amide bonds. The number of hydrogen-bond donors (Lipinski definition) is 1. The molecule has 2 aliphatic rings. The minimum absolute atomic E-state index is 0.0334. The highest BCUT2D eigenvalue weighted by molar-refractivity contribution is 6.04. The summed E-state index contributed by atoms with van der Waals surface area (Å²) in [6.45, 7) is 2.68. The third-order valence-electron chi connectivity index (χ3n) is 8.16. The lowest BCUT2D eigenvalue weighted by Gasteiger charge is -2.30. The summed E-state index contributed by atoms with van der Waals surface area (Å²) in [5, 5.41) is 19.3. The molecule has 1 aliphatic carbocycles. The molecule has 10 heteroatoms. The van der Waals surface area contributed by atoms with Crippen LogP contribution in [-0.4, -0.2) is 48.2 Å². The van der Waals surface area contributed by atoms with Crippen LogP contribution in [0.25, 0.3) is 38.8 Å². The van der Waals surface area contributed by atoms with Gasteiger partial charge in [0.1, 0.15) is 17.0 Å². The zero-order valence-corrected chi connectivity index (χ0v) is 20.8. The van der Waals surface area contributed by atoms with Crippen molar-refractivity contribution in [1.29, 1.82) is 0 Å². The zero-order chi connectivity index (χ0) is 26.3. The smallest absolute Gasteiger partial charge is 0.306 e. The molecule has 5 aromatic rings. The van der Waals surface area contributed by atoms with Crippen LogP contribution in [0.2, 0.25) is 0 Å². The molecule has 4 heterocycles. The Kier molecular flexibility index (Phi) is 4.85. The van der Waals surface area contributed by atoms with Crippen molar-refractivity contribution < 1.29 is 18.7 Å². The van der Waals surface area contributed by atoms with Gasteiger partial charge in [0, 0.05) is 30.6 Å². The van der Waals surface area contributed by atoms with Gasteiger partial charge in [0.15, 0.2) is 5.82 Å². The van der Waals surface area contributed by atoms with Gasteiger partial charge in [0.2, 0.25) is 5.95 Å². The van der Waals surface area contributed by atoms with Gasteiger partial charge in [0.05, 0.1) is 28.7 Å². The number of piperidine rings is 1. The quantitative estimate of drug-likeness (QED) is 0.369. The average molecular weight is 515 g/mol. The van der Waals surface area contributed by atoms with Crippen molar-refractivity contribution >= 4 is 33.6 Å². The summed E-state index contributed by atoms with van der Waals surface area (Å²) in [6, 6.07) is 12.7. The van der Waals surface area contributed by atoms with E-state index in [4.69, 9.17) is 10.1 Å². The fourth-order valence-electron chi connectivity index (χ4n) is 6.36. The van der Waals surface area contributed by atoms with Crippen LogP contribution in [0.5, 0.6) is 0 Å². The highest BCUT2D eigenvalue weighted by Crippen LogP contribution is 2.44. The van der Waals surface area contributed by atoms with E-state index in [0.29, 0.717) is 24.2 Å². The molecule has 0 spiro atoms. The number of hydrogen-bond acceptors (Lipinski definition) is 5. The summed E-state index contributed by atoms with van der Waals surface area (Å²) >= 11 is 0. The summed E-state index contributed by atoms with van der Waals surface area (Å²) in [5.74, 6) is -1.22. The van der Waals surface area contributed by atoms with Crippen LogP contribution in [-0.2, 0) is 11.8 Å². The second-order valence-corrected chi connectivity index (χ2v) is 10.3. The lowest BCUT2D eigenvalue weighted by atomic mass is 9.95. The van der Waals surface area contributed by atoms with Crippen LogP contribution in [0.3, 0.4) is 0 Å². The van der Waals surface area contributed by atoms with E-state index in [-0.39, 0.29) is 28.8 Å². The van der Waals surface area contributed by atoms with Crippen molar-refractivity contribution in [2.75, 3.05) is 11.4 Å². The van der Waals surface area contributed by atoms with Gasteiger partial charge in [0.25, 0.3) is 0 Å². The summed E-state index contributed by atoms with van der Waals surface area (Å²) in [5.41, 5.74) is 3.52. The highest BCUT2D eigenvalue weighted by atomic mass is 19.1. The molecule has 1 aliphatic heterocycles. The van der Waals surface area contributed by atoms with E-state index in [9.17, 15) is 14.3 Å². The predicted octanol–water partition coefficient (Wildman–Crippen LogP) is 4.86. The minimum atomic E-state index is -0.707. The number of halogens is 2. The summed E-state index contributed by atoms with van der Waals surface area (Å²) in [7, 11) is 1.45. The first kappa shape index (κ1) is 22.8. The summed E-state index contributed by atoms with van der Waals surface area (Å²) in [6.07, 6.45) is 3.28. The number of rotatable bonds is 4. The van der Waals surface area contributed by atoms with Crippen molar-refractivity contribution in [2.45, 2.75) is 25.8 Å². The highest BCUT2D eigenvalue weighted by Gasteiger charge is 2.48. The van der Waals surface area contributed by atoms with E-state index in [1.165, 1.54) is 13.1 Å². The fourth-order valence-corrected chi connectivity index (χ4v) is 6.36. The second kappa shape index (κ2) is 8.08. The molecule has 1 saturated carbocycles. The van der Waals surface area contributed by atoms with Crippen molar-refractivity contribution in [1.82, 2.24) is 24.5 Å². The van der Waals surface area contributed by atoms with Crippen LogP contribution in [0, 0.1) is 30.5 Å². The van der Waals surface area contributed by atoms with Gasteiger partial charge < -0.3 is 10.0 Å². The number of pyridine rings is 1. The fraction of sp³-hybridized carbons (Fsp3) is 0.286. The Labute approximate surface area is 216 Å². The number of aliphatic carboxylic acids is 1. The number of benzene rings is 2. The van der Waals surface area contributed by atoms with E-state index in [1.54, 1.807) is 16.9 Å². The first-order valence-electron chi connectivity index (χ1n) is 12.6. The third kappa shape index (κ3) is 3.19. The van der Waals surface area contributed by atoms with Gasteiger partial charge in [-0.1, -0.05) is 18.2 Å². The van der Waals surface area contributed by atoms with E-state index in [0.717, 1.165) is 39.1 Å². The van der Waals surface area contributed by atoms with Gasteiger partial charge in [-0.15, -0.1) is 0 Å². The summed E-state index contributed by atoms with van der Waals surface area (Å²) < 4.78 is 32.4. The van der Waals surface area contributed by atoms with E-state index < -0.39 is 17.7 Å². The SMILES string of the molecule is Cc1cccc2c(-c3ccc(F)c4nn(C)c(F)c34)nn(-c3ccc(N4C[C@@H]5C[C@H]4C[C@H]5C(=O)O)nc3)c12. The zero-order valence-electron chi connectivity index (χ0n) is 20.8. The number of anilines is 1. The van der Waals surface area contributed by atoms with Crippen molar-refractivity contribution in [3.05, 3.63) is 66.0 Å². The molecule has 8 nitrogen and oxygen atoms in total. The lowest BCUT2D eigenvalue weighted by Crippen LogP contribution is -2.38. The molecular formula is C28H24F2N6O2. The molecule has 38 heavy (non-hydrogen) atoms. The monoisotopic (exact) mass is 514 g/mol. The van der Waals surface area contributed by atoms with Crippen molar-refractivity contribution in [2.24, 2.45) is 18.9 Å². The van der Waals surface area contributed by atoms with Gasteiger partial charge in [-0.3, -0.25) is 4.79 Å². The number of para-hydroxylation sites is 1. The van der Waals surface area contributed by atoms with Gasteiger partial charge in [-0.2, -0.15) is 14.6 Å². The Morgan fingerprint density at radius 3 is 2.63 bits per heavy atom. The molecule has 2 aromatic carbocycles. The van der Waals surface area contributed by atoms with Crippen molar-refractivity contribution in [3.8, 4) is 16.9 Å². The Balaban J connectivity index is 1.32. The van der Waals surface area contributed by atoms with E-state index in [2.05, 4.69) is 10.00 Å². The van der Waals surface area contributed by atoms with Gasteiger partial charge in [-0.25, -0.2) is 18.7 Å². The topological polar surface area (TPSA) is 89.1 Å². The van der Waals surface area contributed by atoms with Crippen molar-refractivity contribution in [3.63, 3.8) is 0 Å². The number of carbonyl (C=O) groups is 1. The Morgan fingerprint density at radius 1 is 1.08 bits per heavy atom. The molecular weight excluding hydrogens is 490 g/mol.